The van der Waals surface area contributed by atoms with Gasteiger partial charge in [0, 0.05) is 10.2 Å². The molecule has 0 aromatic heterocycles. The Morgan fingerprint density at radius 2 is 1.95 bits per heavy atom. The van der Waals surface area contributed by atoms with Crippen molar-refractivity contribution in [1.29, 1.82) is 0 Å². The lowest BCUT2D eigenvalue weighted by Crippen LogP contribution is -2.66. The molecule has 2 amide bonds. The van der Waals surface area contributed by atoms with Gasteiger partial charge in [-0.05, 0) is 37.5 Å². The van der Waals surface area contributed by atoms with Gasteiger partial charge < -0.3 is 10.2 Å². The maximum atomic E-state index is 12.7. The number of hydrogen-bond donors (Lipinski definition) is 1. The summed E-state index contributed by atoms with van der Waals surface area (Å²) in [4.78, 5) is 26.3. The molecule has 5 heteroatoms. The lowest BCUT2D eigenvalue weighted by molar-refractivity contribution is -0.136. The number of carbonyl (C=O) groups is 2. The van der Waals surface area contributed by atoms with Gasteiger partial charge in [-0.2, -0.15) is 0 Å². The molecular formula is C15H19BrN2O2. The van der Waals surface area contributed by atoms with Crippen LogP contribution < -0.4 is 10.2 Å². The van der Waals surface area contributed by atoms with Gasteiger partial charge in [0.2, 0.25) is 5.91 Å². The Bertz CT molecular complexity index is 553. The van der Waals surface area contributed by atoms with E-state index in [1.165, 1.54) is 0 Å². The summed E-state index contributed by atoms with van der Waals surface area (Å²) in [6.45, 7) is 5.92. The van der Waals surface area contributed by atoms with Crippen LogP contribution in [0, 0.1) is 6.92 Å². The molecule has 0 spiro atoms. The summed E-state index contributed by atoms with van der Waals surface area (Å²) >= 11 is 3.47. The zero-order chi connectivity index (χ0) is 14.9. The maximum absolute atomic E-state index is 12.7. The number of carbonyl (C=O) groups excluding carboxylic acids is 2. The summed E-state index contributed by atoms with van der Waals surface area (Å²) in [5, 5.41) is 2.86. The minimum Gasteiger partial charge on any atom is -0.340 e. The molecule has 0 bridgehead atoms. The van der Waals surface area contributed by atoms with E-state index < -0.39 is 5.54 Å². The van der Waals surface area contributed by atoms with Crippen LogP contribution in [-0.2, 0) is 9.59 Å². The Morgan fingerprint density at radius 3 is 2.50 bits per heavy atom. The predicted molar refractivity (Wildman–Crippen MR) is 82.7 cm³/mol. The van der Waals surface area contributed by atoms with Gasteiger partial charge in [0.15, 0.2) is 0 Å². The smallest absolute Gasteiger partial charge is 0.253 e. The highest BCUT2D eigenvalue weighted by atomic mass is 79.9. The van der Waals surface area contributed by atoms with Crippen molar-refractivity contribution in [3.05, 3.63) is 28.2 Å². The molecule has 2 rings (SSSR count). The minimum absolute atomic E-state index is 0.0298. The fourth-order valence-electron chi connectivity index (χ4n) is 2.52. The summed E-state index contributed by atoms with van der Waals surface area (Å²) in [5.41, 5.74) is 1.08. The van der Waals surface area contributed by atoms with Crippen molar-refractivity contribution in [3.63, 3.8) is 0 Å². The van der Waals surface area contributed by atoms with E-state index in [-0.39, 0.29) is 18.4 Å². The van der Waals surface area contributed by atoms with Crippen molar-refractivity contribution in [3.8, 4) is 0 Å². The molecule has 4 nitrogen and oxygen atoms in total. The Kier molecular flexibility index (Phi) is 4.18. The summed E-state index contributed by atoms with van der Waals surface area (Å²) in [5.74, 6) is -0.136. The first-order valence-corrected chi connectivity index (χ1v) is 7.62. The summed E-state index contributed by atoms with van der Waals surface area (Å²) in [6.07, 6.45) is 1.19. The van der Waals surface area contributed by atoms with Crippen molar-refractivity contribution < 1.29 is 9.59 Å². The quantitative estimate of drug-likeness (QED) is 0.921. The van der Waals surface area contributed by atoms with E-state index in [0.717, 1.165) is 15.7 Å². The molecule has 1 N–H and O–H groups in total. The number of piperazine rings is 1. The van der Waals surface area contributed by atoms with Crippen LogP contribution in [0.5, 0.6) is 0 Å². The zero-order valence-electron chi connectivity index (χ0n) is 12.0. The number of hydrogen-bond acceptors (Lipinski definition) is 2. The van der Waals surface area contributed by atoms with Gasteiger partial charge in [0.1, 0.15) is 12.1 Å². The molecule has 0 unspecified atom stereocenters. The Morgan fingerprint density at radius 1 is 1.30 bits per heavy atom. The second-order valence-corrected chi connectivity index (χ2v) is 6.02. The fraction of sp³-hybridized carbons (Fsp3) is 0.467. The van der Waals surface area contributed by atoms with Crippen LogP contribution in [0.1, 0.15) is 32.3 Å². The molecule has 1 aromatic rings. The minimum atomic E-state index is -0.771. The van der Waals surface area contributed by atoms with Crippen LogP contribution in [0.2, 0.25) is 0 Å². The molecule has 1 aliphatic rings. The monoisotopic (exact) mass is 338 g/mol. The fourth-order valence-corrected chi connectivity index (χ4v) is 2.89. The normalized spacial score (nSPS) is 18.1. The maximum Gasteiger partial charge on any atom is 0.253 e. The van der Waals surface area contributed by atoms with E-state index in [1.807, 2.05) is 39.0 Å². The zero-order valence-corrected chi connectivity index (χ0v) is 13.6. The summed E-state index contributed by atoms with van der Waals surface area (Å²) in [7, 11) is 0. The first-order chi connectivity index (χ1) is 9.43. The van der Waals surface area contributed by atoms with E-state index in [0.29, 0.717) is 12.8 Å². The summed E-state index contributed by atoms with van der Waals surface area (Å²) in [6, 6.07) is 5.72. The van der Waals surface area contributed by atoms with Crippen molar-refractivity contribution in [1.82, 2.24) is 5.32 Å². The van der Waals surface area contributed by atoms with E-state index in [2.05, 4.69) is 21.2 Å². The van der Waals surface area contributed by atoms with Gasteiger partial charge in [-0.1, -0.05) is 35.8 Å². The van der Waals surface area contributed by atoms with Crippen molar-refractivity contribution in [2.75, 3.05) is 11.4 Å². The van der Waals surface area contributed by atoms with Gasteiger partial charge in [0.25, 0.3) is 5.91 Å². The Labute approximate surface area is 127 Å². The van der Waals surface area contributed by atoms with Gasteiger partial charge in [-0.3, -0.25) is 9.59 Å². The number of anilines is 1. The van der Waals surface area contributed by atoms with Crippen molar-refractivity contribution >= 4 is 33.4 Å². The SMILES string of the molecule is CCC1(CC)NC(=O)CN(c2ccc(C)c(Br)c2)C1=O. The van der Waals surface area contributed by atoms with Gasteiger partial charge >= 0.3 is 0 Å². The van der Waals surface area contributed by atoms with Gasteiger partial charge in [0.05, 0.1) is 0 Å². The largest absolute Gasteiger partial charge is 0.340 e. The Hall–Kier alpha value is -1.36. The highest BCUT2D eigenvalue weighted by molar-refractivity contribution is 9.10. The number of benzene rings is 1. The molecule has 0 aliphatic carbocycles. The molecule has 1 fully saturated rings. The molecule has 0 radical (unpaired) electrons. The molecule has 0 atom stereocenters. The lowest BCUT2D eigenvalue weighted by Gasteiger charge is -2.41. The van der Waals surface area contributed by atoms with Crippen LogP contribution in [0.3, 0.4) is 0 Å². The molecule has 0 saturated carbocycles. The standard InChI is InChI=1S/C15H19BrN2O2/c1-4-15(5-2)14(20)18(9-13(19)17-15)11-7-6-10(3)12(16)8-11/h6-8H,4-5,9H2,1-3H3,(H,17,19). The lowest BCUT2D eigenvalue weighted by atomic mass is 9.88. The molecule has 108 valence electrons. The first-order valence-electron chi connectivity index (χ1n) is 6.82. The summed E-state index contributed by atoms with van der Waals surface area (Å²) < 4.78 is 0.937. The van der Waals surface area contributed by atoms with E-state index in [1.54, 1.807) is 4.90 Å². The second-order valence-electron chi connectivity index (χ2n) is 5.16. The number of nitrogens with zero attached hydrogens (tertiary/aromatic N) is 1. The number of amides is 2. The topological polar surface area (TPSA) is 49.4 Å². The number of rotatable bonds is 3. The third-order valence-electron chi connectivity index (χ3n) is 4.01. The Balaban J connectivity index is 2.42. The van der Waals surface area contributed by atoms with Crippen LogP contribution in [0.25, 0.3) is 0 Å². The van der Waals surface area contributed by atoms with Gasteiger partial charge in [-0.25, -0.2) is 0 Å². The van der Waals surface area contributed by atoms with E-state index in [9.17, 15) is 9.59 Å². The third-order valence-corrected chi connectivity index (χ3v) is 4.86. The molecule has 1 saturated heterocycles. The van der Waals surface area contributed by atoms with Crippen molar-refractivity contribution in [2.24, 2.45) is 0 Å². The predicted octanol–water partition coefficient (Wildman–Crippen LogP) is 2.78. The molecule has 20 heavy (non-hydrogen) atoms. The van der Waals surface area contributed by atoms with E-state index in [4.69, 9.17) is 0 Å². The highest BCUT2D eigenvalue weighted by Crippen LogP contribution is 2.29. The van der Waals surface area contributed by atoms with Crippen LogP contribution in [0.15, 0.2) is 22.7 Å². The average molecular weight is 339 g/mol. The molecular weight excluding hydrogens is 320 g/mol. The first kappa shape index (κ1) is 15.0. The number of aryl methyl sites for hydroxylation is 1. The van der Waals surface area contributed by atoms with E-state index >= 15 is 0 Å². The second kappa shape index (κ2) is 5.56. The van der Waals surface area contributed by atoms with Gasteiger partial charge in [-0.15, -0.1) is 0 Å². The highest BCUT2D eigenvalue weighted by Gasteiger charge is 2.44. The van der Waals surface area contributed by atoms with Crippen LogP contribution >= 0.6 is 15.9 Å². The molecule has 1 aliphatic heterocycles. The number of halogens is 1. The van der Waals surface area contributed by atoms with Crippen molar-refractivity contribution in [2.45, 2.75) is 39.2 Å². The average Bonchev–Trinajstić information content (AvgIpc) is 2.44. The molecule has 1 aromatic carbocycles. The third kappa shape index (κ3) is 2.46. The van der Waals surface area contributed by atoms with Crippen LogP contribution in [0.4, 0.5) is 5.69 Å². The number of nitrogens with one attached hydrogen (secondary N) is 1. The van der Waals surface area contributed by atoms with Crippen LogP contribution in [-0.4, -0.2) is 23.9 Å². The molecule has 1 heterocycles.